The van der Waals surface area contributed by atoms with Gasteiger partial charge in [-0.1, -0.05) is 24.3 Å². The number of nitrogens with one attached hydrogen (secondary N) is 2. The molecule has 0 aromatic heterocycles. The minimum atomic E-state index is -0.573. The number of halogens is 1. The molecule has 136 valence electrons. The van der Waals surface area contributed by atoms with E-state index in [0.29, 0.717) is 18.9 Å². The number of carbonyl (C=O) groups is 2. The van der Waals surface area contributed by atoms with Crippen molar-refractivity contribution in [1.82, 2.24) is 0 Å². The second kappa shape index (κ2) is 8.44. The molecule has 0 radical (unpaired) electrons. The topological polar surface area (TPSA) is 70.7 Å². The summed E-state index contributed by atoms with van der Waals surface area (Å²) in [7, 11) is 0. The Labute approximate surface area is 150 Å². The number of ether oxygens (including phenoxy) is 1. The van der Waals surface area contributed by atoms with Gasteiger partial charge < -0.3 is 20.3 Å². The zero-order valence-electron chi connectivity index (χ0n) is 14.2. The molecular formula is C19H20FN3O3. The molecule has 7 heteroatoms. The van der Waals surface area contributed by atoms with Crippen LogP contribution in [0.15, 0.2) is 48.5 Å². The van der Waals surface area contributed by atoms with Gasteiger partial charge in [0.1, 0.15) is 12.2 Å². The summed E-state index contributed by atoms with van der Waals surface area (Å²) in [5.41, 5.74) is 1.58. The molecule has 0 saturated carbocycles. The van der Waals surface area contributed by atoms with Gasteiger partial charge in [-0.05, 0) is 24.3 Å². The fraction of sp³-hybridized carbons (Fsp3) is 0.263. The first-order valence-electron chi connectivity index (χ1n) is 8.39. The van der Waals surface area contributed by atoms with E-state index in [4.69, 9.17) is 4.74 Å². The van der Waals surface area contributed by atoms with Gasteiger partial charge in [0.05, 0.1) is 30.3 Å². The van der Waals surface area contributed by atoms with E-state index >= 15 is 0 Å². The molecule has 0 unspecified atom stereocenters. The third-order valence-corrected chi connectivity index (χ3v) is 4.00. The molecule has 6 nitrogen and oxygen atoms in total. The molecule has 1 fully saturated rings. The predicted octanol–water partition coefficient (Wildman–Crippen LogP) is 2.63. The summed E-state index contributed by atoms with van der Waals surface area (Å²) in [4.78, 5) is 26.3. The van der Waals surface area contributed by atoms with E-state index in [0.717, 1.165) is 18.8 Å². The van der Waals surface area contributed by atoms with Gasteiger partial charge in [-0.25, -0.2) is 4.39 Å². The highest BCUT2D eigenvalue weighted by Crippen LogP contribution is 2.26. The van der Waals surface area contributed by atoms with Crippen LogP contribution in [0.4, 0.5) is 21.5 Å². The van der Waals surface area contributed by atoms with Gasteiger partial charge in [0, 0.05) is 13.1 Å². The van der Waals surface area contributed by atoms with Gasteiger partial charge in [-0.3, -0.25) is 9.59 Å². The van der Waals surface area contributed by atoms with Crippen molar-refractivity contribution in [2.75, 3.05) is 41.8 Å². The third kappa shape index (κ3) is 4.58. The Balaban J connectivity index is 1.61. The number of nitrogens with zero attached hydrogens (tertiary/aromatic N) is 1. The second-order valence-corrected chi connectivity index (χ2v) is 5.87. The second-order valence-electron chi connectivity index (χ2n) is 5.87. The molecule has 1 saturated heterocycles. The molecule has 1 aliphatic rings. The van der Waals surface area contributed by atoms with Crippen LogP contribution in [0.5, 0.6) is 0 Å². The summed E-state index contributed by atoms with van der Waals surface area (Å²) in [5.74, 6) is -1.57. The summed E-state index contributed by atoms with van der Waals surface area (Å²) < 4.78 is 18.9. The summed E-state index contributed by atoms with van der Waals surface area (Å²) in [6.07, 6.45) is -0.397. The Kier molecular flexibility index (Phi) is 5.80. The molecule has 0 spiro atoms. The predicted molar refractivity (Wildman–Crippen MR) is 97.8 cm³/mol. The van der Waals surface area contributed by atoms with Crippen LogP contribution in [0.2, 0.25) is 0 Å². The molecular weight excluding hydrogens is 337 g/mol. The van der Waals surface area contributed by atoms with Crippen LogP contribution >= 0.6 is 0 Å². The van der Waals surface area contributed by atoms with Crippen molar-refractivity contribution in [3.8, 4) is 0 Å². The summed E-state index contributed by atoms with van der Waals surface area (Å²) >= 11 is 0. The standard InChI is InChI=1S/C19H20FN3O3/c20-14-5-1-2-6-15(14)21-18(24)13-19(25)22-16-7-3-4-8-17(16)23-9-11-26-12-10-23/h1-8H,9-13H2,(H,21,24)(H,22,25). The first-order chi connectivity index (χ1) is 12.6. The quantitative estimate of drug-likeness (QED) is 0.807. The lowest BCUT2D eigenvalue weighted by Gasteiger charge is -2.30. The maximum atomic E-state index is 13.6. The molecule has 0 bridgehead atoms. The highest BCUT2D eigenvalue weighted by molar-refractivity contribution is 6.08. The van der Waals surface area contributed by atoms with Crippen LogP contribution in [-0.2, 0) is 14.3 Å². The van der Waals surface area contributed by atoms with Crippen molar-refractivity contribution < 1.29 is 18.7 Å². The van der Waals surface area contributed by atoms with E-state index in [2.05, 4.69) is 15.5 Å². The molecule has 2 amide bonds. The number of anilines is 3. The van der Waals surface area contributed by atoms with E-state index in [1.54, 1.807) is 12.1 Å². The Morgan fingerprint density at radius 3 is 2.19 bits per heavy atom. The third-order valence-electron chi connectivity index (χ3n) is 4.00. The highest BCUT2D eigenvalue weighted by atomic mass is 19.1. The Bertz CT molecular complexity index is 791. The maximum Gasteiger partial charge on any atom is 0.233 e. The van der Waals surface area contributed by atoms with Crippen molar-refractivity contribution in [2.45, 2.75) is 6.42 Å². The van der Waals surface area contributed by atoms with Gasteiger partial charge >= 0.3 is 0 Å². The average Bonchev–Trinajstić information content (AvgIpc) is 2.64. The number of carbonyl (C=O) groups excluding carboxylic acids is 2. The van der Waals surface area contributed by atoms with E-state index < -0.39 is 24.1 Å². The van der Waals surface area contributed by atoms with Crippen LogP contribution in [0, 0.1) is 5.82 Å². The van der Waals surface area contributed by atoms with Gasteiger partial charge in [0.2, 0.25) is 11.8 Å². The number of hydrogen-bond donors (Lipinski definition) is 2. The maximum absolute atomic E-state index is 13.6. The van der Waals surface area contributed by atoms with Crippen LogP contribution < -0.4 is 15.5 Å². The van der Waals surface area contributed by atoms with Gasteiger partial charge in [-0.2, -0.15) is 0 Å². The highest BCUT2D eigenvalue weighted by Gasteiger charge is 2.17. The first kappa shape index (κ1) is 17.9. The zero-order chi connectivity index (χ0) is 18.4. The molecule has 3 rings (SSSR count). The molecule has 26 heavy (non-hydrogen) atoms. The van der Waals surface area contributed by atoms with Crippen molar-refractivity contribution in [1.29, 1.82) is 0 Å². The zero-order valence-corrected chi connectivity index (χ0v) is 14.2. The van der Waals surface area contributed by atoms with Crippen molar-refractivity contribution in [3.63, 3.8) is 0 Å². The molecule has 1 aliphatic heterocycles. The Morgan fingerprint density at radius 1 is 0.923 bits per heavy atom. The van der Waals surface area contributed by atoms with E-state index in [9.17, 15) is 14.0 Å². The molecule has 0 aliphatic carbocycles. The summed E-state index contributed by atoms with van der Waals surface area (Å²) in [6.45, 7) is 2.74. The minimum Gasteiger partial charge on any atom is -0.378 e. The first-order valence-corrected chi connectivity index (χ1v) is 8.39. The van der Waals surface area contributed by atoms with Crippen molar-refractivity contribution >= 4 is 28.9 Å². The largest absolute Gasteiger partial charge is 0.378 e. The smallest absolute Gasteiger partial charge is 0.233 e. The fourth-order valence-electron chi connectivity index (χ4n) is 2.76. The Hall–Kier alpha value is -2.93. The van der Waals surface area contributed by atoms with Gasteiger partial charge in [0.25, 0.3) is 0 Å². The molecule has 0 atom stereocenters. The lowest BCUT2D eigenvalue weighted by atomic mass is 10.2. The summed E-state index contributed by atoms with van der Waals surface area (Å²) in [5, 5.41) is 5.17. The lowest BCUT2D eigenvalue weighted by Crippen LogP contribution is -2.36. The van der Waals surface area contributed by atoms with Crippen LogP contribution in [0.25, 0.3) is 0 Å². The molecule has 2 aromatic carbocycles. The van der Waals surface area contributed by atoms with Crippen LogP contribution in [-0.4, -0.2) is 38.1 Å². The van der Waals surface area contributed by atoms with Crippen molar-refractivity contribution in [3.05, 3.63) is 54.3 Å². The normalized spacial score (nSPS) is 14.0. The van der Waals surface area contributed by atoms with Gasteiger partial charge in [0.15, 0.2) is 0 Å². The number of benzene rings is 2. The van der Waals surface area contributed by atoms with E-state index in [-0.39, 0.29) is 5.69 Å². The number of amides is 2. The summed E-state index contributed by atoms with van der Waals surface area (Å²) in [6, 6.07) is 13.2. The lowest BCUT2D eigenvalue weighted by molar-refractivity contribution is -0.123. The van der Waals surface area contributed by atoms with E-state index in [1.165, 1.54) is 18.2 Å². The number of para-hydroxylation sites is 3. The molecule has 1 heterocycles. The molecule has 2 aromatic rings. The van der Waals surface area contributed by atoms with Crippen LogP contribution in [0.3, 0.4) is 0 Å². The van der Waals surface area contributed by atoms with Crippen LogP contribution in [0.1, 0.15) is 6.42 Å². The number of morpholine rings is 1. The minimum absolute atomic E-state index is 0.0546. The average molecular weight is 357 g/mol. The monoisotopic (exact) mass is 357 g/mol. The van der Waals surface area contributed by atoms with Crippen molar-refractivity contribution in [2.24, 2.45) is 0 Å². The number of hydrogen-bond acceptors (Lipinski definition) is 4. The van der Waals surface area contributed by atoms with E-state index in [1.807, 2.05) is 18.2 Å². The fourth-order valence-corrected chi connectivity index (χ4v) is 2.76. The molecule has 2 N–H and O–H groups in total. The SMILES string of the molecule is O=C(CC(=O)Nc1ccccc1N1CCOCC1)Nc1ccccc1F. The van der Waals surface area contributed by atoms with Gasteiger partial charge in [-0.15, -0.1) is 0 Å². The number of rotatable bonds is 5. The Morgan fingerprint density at radius 2 is 1.50 bits per heavy atom.